The molecule has 1 aromatic rings. The lowest BCUT2D eigenvalue weighted by atomic mass is 10.1. The molecule has 0 radical (unpaired) electrons. The van der Waals surface area contributed by atoms with Gasteiger partial charge >= 0.3 is 0 Å². The molecule has 0 bridgehead atoms. The van der Waals surface area contributed by atoms with Gasteiger partial charge < -0.3 is 9.64 Å². The maximum atomic E-state index is 13.5. The zero-order valence-electron chi connectivity index (χ0n) is 18.8. The van der Waals surface area contributed by atoms with Crippen LogP contribution >= 0.6 is 0 Å². The van der Waals surface area contributed by atoms with E-state index in [4.69, 9.17) is 4.74 Å². The molecular weight excluding hydrogens is 372 g/mol. The molecule has 0 aliphatic carbocycles. The third kappa shape index (κ3) is 3.95. The predicted octanol–water partition coefficient (Wildman–Crippen LogP) is 4.97. The molecule has 0 N–H and O–H groups in total. The third-order valence-electron chi connectivity index (χ3n) is 6.13. The Bertz CT molecular complexity index is 691. The van der Waals surface area contributed by atoms with Gasteiger partial charge in [-0.2, -0.15) is 0 Å². The van der Waals surface area contributed by atoms with Crippen LogP contribution in [-0.4, -0.2) is 44.0 Å². The second kappa shape index (κ2) is 9.54. The molecule has 1 aromatic carbocycles. The molecule has 0 spiro atoms. The number of rotatable bonds is 9. The fourth-order valence-corrected chi connectivity index (χ4v) is 12.1. The molecule has 0 aliphatic heterocycles. The van der Waals surface area contributed by atoms with Gasteiger partial charge in [0.1, 0.15) is 13.8 Å². The number of nitro benzene ring substituents is 1. The maximum absolute atomic E-state index is 13.5. The van der Waals surface area contributed by atoms with Gasteiger partial charge in [-0.05, 0) is 36.5 Å². The molecule has 0 atom stereocenters. The predicted molar refractivity (Wildman–Crippen MR) is 118 cm³/mol. The smallest absolute Gasteiger partial charge is 0.269 e. The Morgan fingerprint density at radius 3 is 1.86 bits per heavy atom. The minimum atomic E-state index is -2.51. The largest absolute Gasteiger partial charge is 0.496 e. The van der Waals surface area contributed by atoms with Gasteiger partial charge in [-0.1, -0.05) is 41.5 Å². The molecule has 6 nitrogen and oxygen atoms in total. The van der Waals surface area contributed by atoms with E-state index in [1.54, 1.807) is 11.0 Å². The van der Waals surface area contributed by atoms with Gasteiger partial charge in [-0.15, -0.1) is 0 Å². The summed E-state index contributed by atoms with van der Waals surface area (Å²) < 4.78 is 5.57. The van der Waals surface area contributed by atoms with Gasteiger partial charge in [-0.25, -0.2) is 0 Å². The molecule has 7 heteroatoms. The Kier molecular flexibility index (Phi) is 8.23. The summed E-state index contributed by atoms with van der Waals surface area (Å²) in [5, 5.41) is 12.7. The quantitative estimate of drug-likeness (QED) is 0.328. The van der Waals surface area contributed by atoms with Crippen LogP contribution in [0.4, 0.5) is 5.69 Å². The Hall–Kier alpha value is -1.89. The van der Waals surface area contributed by atoms with Gasteiger partial charge in [0, 0.05) is 24.3 Å². The van der Waals surface area contributed by atoms with Gasteiger partial charge in [-0.3, -0.25) is 14.9 Å². The van der Waals surface area contributed by atoms with Crippen molar-refractivity contribution < 1.29 is 14.5 Å². The number of nitrogens with zero attached hydrogens (tertiary/aromatic N) is 2. The highest BCUT2D eigenvalue weighted by molar-refractivity contribution is 6.96. The van der Waals surface area contributed by atoms with Crippen molar-refractivity contribution in [2.24, 2.45) is 0 Å². The Balaban J connectivity index is 4.18. The second-order valence-electron chi connectivity index (χ2n) is 8.17. The molecular formula is C21H36N2O4Si. The van der Waals surface area contributed by atoms with Gasteiger partial charge in [0.05, 0.1) is 17.6 Å². The van der Waals surface area contributed by atoms with Crippen LogP contribution in [0.3, 0.4) is 0 Å². The lowest BCUT2D eigenvalue weighted by Crippen LogP contribution is -2.58. The van der Waals surface area contributed by atoms with Crippen molar-refractivity contribution in [1.82, 2.24) is 4.90 Å². The highest BCUT2D eigenvalue weighted by Crippen LogP contribution is 2.44. The average Bonchev–Trinajstić information content (AvgIpc) is 2.61. The first kappa shape index (κ1) is 24.1. The van der Waals surface area contributed by atoms with Crippen molar-refractivity contribution >= 4 is 24.9 Å². The molecule has 0 heterocycles. The summed E-state index contributed by atoms with van der Waals surface area (Å²) in [4.78, 5) is 27.0. The Morgan fingerprint density at radius 1 is 1.07 bits per heavy atom. The molecule has 0 saturated carbocycles. The van der Waals surface area contributed by atoms with Crippen LogP contribution in [0.5, 0.6) is 5.75 Å². The lowest BCUT2D eigenvalue weighted by molar-refractivity contribution is -0.383. The number of hydrogen-bond donors (Lipinski definition) is 0. The van der Waals surface area contributed by atoms with Crippen molar-refractivity contribution in [3.63, 3.8) is 0 Å². The number of nitro groups is 1. The van der Waals surface area contributed by atoms with Crippen molar-refractivity contribution in [1.29, 1.82) is 0 Å². The van der Waals surface area contributed by atoms with Crippen LogP contribution in [0.1, 0.15) is 65.7 Å². The van der Waals surface area contributed by atoms with E-state index in [9.17, 15) is 14.9 Å². The number of benzene rings is 1. The van der Waals surface area contributed by atoms with Crippen LogP contribution in [0.25, 0.3) is 0 Å². The van der Waals surface area contributed by atoms with Crippen molar-refractivity contribution in [2.75, 3.05) is 20.2 Å². The lowest BCUT2D eigenvalue weighted by Gasteiger charge is -2.44. The summed E-state index contributed by atoms with van der Waals surface area (Å²) in [6.07, 6.45) is 0. The molecule has 158 valence electrons. The van der Waals surface area contributed by atoms with Crippen LogP contribution < -0.4 is 9.92 Å². The van der Waals surface area contributed by atoms with Crippen LogP contribution in [0, 0.1) is 10.1 Å². The monoisotopic (exact) mass is 408 g/mol. The summed E-state index contributed by atoms with van der Waals surface area (Å²) in [5.74, 6) is 0.246. The third-order valence-corrected chi connectivity index (χ3v) is 13.2. The topological polar surface area (TPSA) is 72.7 Å². The minimum absolute atomic E-state index is 0.0547. The van der Waals surface area contributed by atoms with Crippen LogP contribution in [0.2, 0.25) is 16.6 Å². The number of amides is 1. The molecule has 0 aromatic heterocycles. The fraction of sp³-hybridized carbons (Fsp3) is 0.667. The Morgan fingerprint density at radius 2 is 1.54 bits per heavy atom. The summed E-state index contributed by atoms with van der Waals surface area (Å²) in [6.45, 7) is 17.8. The van der Waals surface area contributed by atoms with Gasteiger partial charge in [0.25, 0.3) is 11.6 Å². The van der Waals surface area contributed by atoms with E-state index in [1.807, 2.05) is 13.8 Å². The van der Waals surface area contributed by atoms with Crippen LogP contribution in [0.15, 0.2) is 12.1 Å². The molecule has 0 saturated heterocycles. The summed E-state index contributed by atoms with van der Waals surface area (Å²) >= 11 is 0. The standard InChI is InChI=1S/C21H36N2O4Si/c1-10-22(11-2)21(24)19-18(27-9)13-12-17(23(25)26)20(19)28(14(3)4,15(5)6)16(7)8/h12-16H,10-11H2,1-9H3. The van der Waals surface area contributed by atoms with Gasteiger partial charge in [0.15, 0.2) is 0 Å². The maximum Gasteiger partial charge on any atom is 0.269 e. The van der Waals surface area contributed by atoms with Crippen LogP contribution in [-0.2, 0) is 0 Å². The number of hydrogen-bond acceptors (Lipinski definition) is 4. The van der Waals surface area contributed by atoms with Crippen molar-refractivity contribution in [3.8, 4) is 5.75 Å². The molecule has 0 unspecified atom stereocenters. The number of carbonyl (C=O) groups is 1. The first-order valence-corrected chi connectivity index (χ1v) is 12.4. The zero-order chi connectivity index (χ0) is 21.8. The van der Waals surface area contributed by atoms with E-state index in [2.05, 4.69) is 41.5 Å². The zero-order valence-corrected chi connectivity index (χ0v) is 19.8. The van der Waals surface area contributed by atoms with Crippen molar-refractivity contribution in [2.45, 2.75) is 72.0 Å². The summed E-state index contributed by atoms with van der Waals surface area (Å²) in [5.41, 5.74) is 1.12. The highest BCUT2D eigenvalue weighted by atomic mass is 28.3. The van der Waals surface area contributed by atoms with E-state index in [0.717, 1.165) is 0 Å². The van der Waals surface area contributed by atoms with E-state index >= 15 is 0 Å². The summed E-state index contributed by atoms with van der Waals surface area (Å²) in [7, 11) is -0.985. The molecule has 0 fully saturated rings. The van der Waals surface area contributed by atoms with E-state index in [1.165, 1.54) is 13.2 Å². The first-order valence-electron chi connectivity index (χ1n) is 10.2. The van der Waals surface area contributed by atoms with Crippen molar-refractivity contribution in [3.05, 3.63) is 27.8 Å². The SMILES string of the molecule is CCN(CC)C(=O)c1c(OC)ccc([N+](=O)[O-])c1[Si](C(C)C)(C(C)C)C(C)C. The molecule has 1 rings (SSSR count). The fourth-order valence-electron chi connectivity index (χ4n) is 5.08. The highest BCUT2D eigenvalue weighted by Gasteiger charge is 2.51. The van der Waals surface area contributed by atoms with E-state index in [0.29, 0.717) is 29.6 Å². The summed E-state index contributed by atoms with van der Waals surface area (Å²) in [6, 6.07) is 3.08. The number of methoxy groups -OCH3 is 1. The normalized spacial score (nSPS) is 12.0. The average molecular weight is 409 g/mol. The molecule has 1 amide bonds. The second-order valence-corrected chi connectivity index (χ2v) is 14.0. The minimum Gasteiger partial charge on any atom is -0.496 e. The molecule has 0 aliphatic rings. The van der Waals surface area contributed by atoms with E-state index < -0.39 is 8.07 Å². The van der Waals surface area contributed by atoms with E-state index in [-0.39, 0.29) is 33.1 Å². The Labute approximate surface area is 170 Å². The number of ether oxygens (including phenoxy) is 1. The van der Waals surface area contributed by atoms with Gasteiger partial charge in [0.2, 0.25) is 0 Å². The molecule has 28 heavy (non-hydrogen) atoms. The first-order chi connectivity index (χ1) is 13.0. The number of carbonyl (C=O) groups excluding carboxylic acids is 1.